The number of amides is 1. The number of nitrogens with two attached hydrogens (primary N) is 1. The number of anilines is 1. The third-order valence-corrected chi connectivity index (χ3v) is 3.01. The van der Waals surface area contributed by atoms with Crippen molar-refractivity contribution in [3.05, 3.63) is 29.3 Å². The van der Waals surface area contributed by atoms with Crippen LogP contribution >= 0.6 is 0 Å². The molecule has 1 aromatic rings. The van der Waals surface area contributed by atoms with Crippen LogP contribution in [0.1, 0.15) is 31.9 Å². The molecule has 94 valence electrons. The van der Waals surface area contributed by atoms with Gasteiger partial charge in [0, 0.05) is 5.69 Å². The highest BCUT2D eigenvalue weighted by Crippen LogP contribution is 2.16. The van der Waals surface area contributed by atoms with Crippen LogP contribution in [0.15, 0.2) is 18.2 Å². The molecule has 0 aliphatic carbocycles. The molecular formula is C14H22N2O. The molecule has 0 saturated heterocycles. The minimum atomic E-state index is -0.457. The van der Waals surface area contributed by atoms with Gasteiger partial charge in [-0.25, -0.2) is 0 Å². The molecule has 1 rings (SSSR count). The molecule has 0 aliphatic rings. The highest BCUT2D eigenvalue weighted by atomic mass is 16.2. The molecule has 0 bridgehead atoms. The summed E-state index contributed by atoms with van der Waals surface area (Å²) in [7, 11) is 0. The highest BCUT2D eigenvalue weighted by Gasteiger charge is 2.17. The maximum atomic E-state index is 11.8. The Bertz CT molecular complexity index is 399. The van der Waals surface area contributed by atoms with Crippen molar-refractivity contribution in [2.45, 2.75) is 40.2 Å². The first-order valence-corrected chi connectivity index (χ1v) is 6.11. The standard InChI is InChI=1S/C14H22N2O/c1-5-11-6-7-12(8-10(11)4)16-14(17)13(15)9(2)3/h6-9,13H,5,15H2,1-4H3,(H,16,17)/t13-/m0/s1. The molecule has 0 unspecified atom stereocenters. The lowest BCUT2D eigenvalue weighted by Gasteiger charge is -2.16. The topological polar surface area (TPSA) is 55.1 Å². The largest absolute Gasteiger partial charge is 0.325 e. The van der Waals surface area contributed by atoms with Gasteiger partial charge in [0.05, 0.1) is 6.04 Å². The fourth-order valence-electron chi connectivity index (χ4n) is 1.70. The van der Waals surface area contributed by atoms with E-state index in [9.17, 15) is 4.79 Å². The quantitative estimate of drug-likeness (QED) is 0.841. The highest BCUT2D eigenvalue weighted by molar-refractivity contribution is 5.94. The normalized spacial score (nSPS) is 12.6. The van der Waals surface area contributed by atoms with Crippen LogP contribution in [0.3, 0.4) is 0 Å². The molecule has 0 spiro atoms. The number of nitrogens with one attached hydrogen (secondary N) is 1. The third-order valence-electron chi connectivity index (χ3n) is 3.01. The molecule has 1 amide bonds. The first-order chi connectivity index (χ1) is 7.95. The molecule has 0 aliphatic heterocycles. The summed E-state index contributed by atoms with van der Waals surface area (Å²) in [6, 6.07) is 5.51. The molecule has 17 heavy (non-hydrogen) atoms. The van der Waals surface area contributed by atoms with Crippen molar-refractivity contribution in [2.75, 3.05) is 5.32 Å². The number of hydrogen-bond acceptors (Lipinski definition) is 2. The minimum Gasteiger partial charge on any atom is -0.325 e. The van der Waals surface area contributed by atoms with Gasteiger partial charge in [-0.3, -0.25) is 4.79 Å². The summed E-state index contributed by atoms with van der Waals surface area (Å²) in [4.78, 5) is 11.8. The first kappa shape index (κ1) is 13.7. The summed E-state index contributed by atoms with van der Waals surface area (Å²) in [5.41, 5.74) is 9.11. The second-order valence-electron chi connectivity index (χ2n) is 4.75. The average molecular weight is 234 g/mol. The van der Waals surface area contributed by atoms with E-state index in [1.54, 1.807) is 0 Å². The van der Waals surface area contributed by atoms with Crippen LogP contribution in [0.4, 0.5) is 5.69 Å². The van der Waals surface area contributed by atoms with E-state index < -0.39 is 6.04 Å². The van der Waals surface area contributed by atoms with E-state index in [2.05, 4.69) is 19.2 Å². The predicted octanol–water partition coefficient (Wildman–Crippen LogP) is 2.48. The molecular weight excluding hydrogens is 212 g/mol. The molecule has 1 atom stereocenters. The summed E-state index contributed by atoms with van der Waals surface area (Å²) in [6.45, 7) is 8.05. The fraction of sp³-hybridized carbons (Fsp3) is 0.500. The maximum Gasteiger partial charge on any atom is 0.241 e. The number of carbonyl (C=O) groups excluding carboxylic acids is 1. The monoisotopic (exact) mass is 234 g/mol. The lowest BCUT2D eigenvalue weighted by molar-refractivity contribution is -0.118. The molecule has 0 heterocycles. The Morgan fingerprint density at radius 2 is 2.06 bits per heavy atom. The number of aryl methyl sites for hydroxylation is 2. The van der Waals surface area contributed by atoms with E-state index in [0.29, 0.717) is 0 Å². The number of benzene rings is 1. The minimum absolute atomic E-state index is 0.122. The van der Waals surface area contributed by atoms with Crippen LogP contribution in [0.5, 0.6) is 0 Å². The summed E-state index contributed by atoms with van der Waals surface area (Å²) < 4.78 is 0. The van der Waals surface area contributed by atoms with Crippen molar-refractivity contribution in [1.29, 1.82) is 0 Å². The first-order valence-electron chi connectivity index (χ1n) is 6.11. The van der Waals surface area contributed by atoms with Gasteiger partial charge < -0.3 is 11.1 Å². The van der Waals surface area contributed by atoms with E-state index in [-0.39, 0.29) is 11.8 Å². The third kappa shape index (κ3) is 3.56. The van der Waals surface area contributed by atoms with E-state index in [4.69, 9.17) is 5.73 Å². The smallest absolute Gasteiger partial charge is 0.241 e. The van der Waals surface area contributed by atoms with E-state index in [1.807, 2.05) is 32.0 Å². The van der Waals surface area contributed by atoms with Crippen LogP contribution in [0, 0.1) is 12.8 Å². The molecule has 0 radical (unpaired) electrons. The van der Waals surface area contributed by atoms with Crippen LogP contribution in [0.2, 0.25) is 0 Å². The van der Waals surface area contributed by atoms with Gasteiger partial charge in [0.2, 0.25) is 5.91 Å². The molecule has 3 N–H and O–H groups in total. The molecule has 0 fully saturated rings. The lowest BCUT2D eigenvalue weighted by atomic mass is 10.0. The summed E-state index contributed by atoms with van der Waals surface area (Å²) in [6.07, 6.45) is 1.01. The van der Waals surface area contributed by atoms with Gasteiger partial charge in [0.15, 0.2) is 0 Å². The summed E-state index contributed by atoms with van der Waals surface area (Å²) in [5, 5.41) is 2.85. The van der Waals surface area contributed by atoms with Crippen LogP contribution in [0.25, 0.3) is 0 Å². The maximum absolute atomic E-state index is 11.8. The van der Waals surface area contributed by atoms with Crippen molar-refractivity contribution >= 4 is 11.6 Å². The van der Waals surface area contributed by atoms with Gasteiger partial charge in [-0.05, 0) is 42.5 Å². The van der Waals surface area contributed by atoms with Crippen molar-refractivity contribution in [3.63, 3.8) is 0 Å². The Morgan fingerprint density at radius 1 is 1.41 bits per heavy atom. The van der Waals surface area contributed by atoms with Gasteiger partial charge in [0.25, 0.3) is 0 Å². The molecule has 0 aromatic heterocycles. The number of carbonyl (C=O) groups is 1. The zero-order chi connectivity index (χ0) is 13.0. The van der Waals surface area contributed by atoms with Crippen LogP contribution < -0.4 is 11.1 Å². The van der Waals surface area contributed by atoms with E-state index in [0.717, 1.165) is 12.1 Å². The molecule has 0 saturated carbocycles. The van der Waals surface area contributed by atoms with Crippen molar-refractivity contribution < 1.29 is 4.79 Å². The van der Waals surface area contributed by atoms with Crippen molar-refractivity contribution in [3.8, 4) is 0 Å². The van der Waals surface area contributed by atoms with E-state index in [1.165, 1.54) is 11.1 Å². The van der Waals surface area contributed by atoms with Crippen molar-refractivity contribution in [2.24, 2.45) is 11.7 Å². The summed E-state index contributed by atoms with van der Waals surface area (Å²) >= 11 is 0. The fourth-order valence-corrected chi connectivity index (χ4v) is 1.70. The van der Waals surface area contributed by atoms with Gasteiger partial charge >= 0.3 is 0 Å². The van der Waals surface area contributed by atoms with Gasteiger partial charge in [-0.2, -0.15) is 0 Å². The Balaban J connectivity index is 2.76. The molecule has 3 nitrogen and oxygen atoms in total. The zero-order valence-corrected chi connectivity index (χ0v) is 11.1. The molecule has 3 heteroatoms. The number of rotatable bonds is 4. The predicted molar refractivity (Wildman–Crippen MR) is 72.0 cm³/mol. The SMILES string of the molecule is CCc1ccc(NC(=O)[C@@H](N)C(C)C)cc1C. The van der Waals surface area contributed by atoms with Gasteiger partial charge in [0.1, 0.15) is 0 Å². The average Bonchev–Trinajstić information content (AvgIpc) is 2.28. The van der Waals surface area contributed by atoms with E-state index >= 15 is 0 Å². The second kappa shape index (κ2) is 5.82. The Morgan fingerprint density at radius 3 is 2.53 bits per heavy atom. The Labute approximate surface area is 103 Å². The van der Waals surface area contributed by atoms with Gasteiger partial charge in [-0.1, -0.05) is 26.8 Å². The number of hydrogen-bond donors (Lipinski definition) is 2. The second-order valence-corrected chi connectivity index (χ2v) is 4.75. The Hall–Kier alpha value is -1.35. The van der Waals surface area contributed by atoms with Crippen molar-refractivity contribution in [1.82, 2.24) is 0 Å². The van der Waals surface area contributed by atoms with Crippen LogP contribution in [-0.2, 0) is 11.2 Å². The van der Waals surface area contributed by atoms with Gasteiger partial charge in [-0.15, -0.1) is 0 Å². The lowest BCUT2D eigenvalue weighted by Crippen LogP contribution is -2.39. The summed E-state index contributed by atoms with van der Waals surface area (Å²) in [5.74, 6) is 0.0228. The van der Waals surface area contributed by atoms with Crippen LogP contribution in [-0.4, -0.2) is 11.9 Å². The zero-order valence-electron chi connectivity index (χ0n) is 11.1. The Kier molecular flexibility index (Phi) is 4.70. The molecule has 1 aromatic carbocycles.